The summed E-state index contributed by atoms with van der Waals surface area (Å²) >= 11 is 0. The van der Waals surface area contributed by atoms with Crippen LogP contribution in [-0.2, 0) is 4.74 Å². The molecule has 1 aliphatic rings. The van der Waals surface area contributed by atoms with Crippen LogP contribution in [0.25, 0.3) is 0 Å². The number of para-hydroxylation sites is 1. The van der Waals surface area contributed by atoms with Gasteiger partial charge in [-0.25, -0.2) is 4.79 Å². The second kappa shape index (κ2) is 5.75. The van der Waals surface area contributed by atoms with Crippen LogP contribution in [-0.4, -0.2) is 29.0 Å². The predicted octanol–water partition coefficient (Wildman–Crippen LogP) is 2.49. The predicted molar refractivity (Wildman–Crippen MR) is 75.8 cm³/mol. The van der Waals surface area contributed by atoms with Gasteiger partial charge in [-0.1, -0.05) is 18.2 Å². The number of benzene rings is 1. The van der Waals surface area contributed by atoms with Crippen molar-refractivity contribution in [3.05, 3.63) is 42.7 Å². The van der Waals surface area contributed by atoms with Gasteiger partial charge >= 0.3 is 6.03 Å². The smallest absolute Gasteiger partial charge is 0.323 e. The Morgan fingerprint density at radius 2 is 2.05 bits per heavy atom. The quantitative estimate of drug-likeness (QED) is 0.902. The summed E-state index contributed by atoms with van der Waals surface area (Å²) in [6.07, 6.45) is 4.42. The average Bonchev–Trinajstić information content (AvgIpc) is 3.10. The second-order valence-electron chi connectivity index (χ2n) is 4.67. The van der Waals surface area contributed by atoms with Gasteiger partial charge < -0.3 is 15.4 Å². The molecule has 1 saturated heterocycles. The molecular weight excluding hydrogens is 256 g/mol. The van der Waals surface area contributed by atoms with E-state index in [2.05, 4.69) is 15.7 Å². The van der Waals surface area contributed by atoms with Crippen LogP contribution < -0.4 is 10.6 Å². The van der Waals surface area contributed by atoms with Crippen molar-refractivity contribution in [3.8, 4) is 0 Å². The fourth-order valence-corrected chi connectivity index (χ4v) is 2.15. The van der Waals surface area contributed by atoms with Crippen LogP contribution in [0.2, 0.25) is 0 Å². The lowest BCUT2D eigenvalue weighted by molar-refractivity contribution is 0.184. The van der Waals surface area contributed by atoms with E-state index in [0.717, 1.165) is 18.7 Å². The third-order valence-corrected chi connectivity index (χ3v) is 3.17. The van der Waals surface area contributed by atoms with E-state index in [1.807, 2.05) is 41.2 Å². The molecule has 0 aliphatic carbocycles. The largest absolute Gasteiger partial charge is 0.379 e. The number of hydrogen-bond donors (Lipinski definition) is 2. The van der Waals surface area contributed by atoms with Gasteiger partial charge in [0.25, 0.3) is 0 Å². The summed E-state index contributed by atoms with van der Waals surface area (Å²) in [4.78, 5) is 11.8. The molecule has 1 aromatic heterocycles. The number of anilines is 2. The molecule has 2 aromatic rings. The maximum absolute atomic E-state index is 11.8. The Labute approximate surface area is 116 Å². The maximum atomic E-state index is 11.8. The summed E-state index contributed by atoms with van der Waals surface area (Å²) in [6.45, 7) is 1.44. The molecule has 0 bridgehead atoms. The van der Waals surface area contributed by atoms with Gasteiger partial charge in [-0.3, -0.25) is 4.68 Å². The topological polar surface area (TPSA) is 68.2 Å². The van der Waals surface area contributed by atoms with E-state index in [-0.39, 0.29) is 12.1 Å². The number of carbonyl (C=O) groups is 1. The summed E-state index contributed by atoms with van der Waals surface area (Å²) in [5, 5.41) is 9.77. The molecule has 1 aliphatic heterocycles. The number of rotatable bonds is 3. The molecule has 1 unspecified atom stereocenters. The minimum absolute atomic E-state index is 0.266. The molecule has 6 nitrogen and oxygen atoms in total. The number of urea groups is 1. The summed E-state index contributed by atoms with van der Waals surface area (Å²) in [6, 6.07) is 9.29. The molecular formula is C14H16N4O2. The molecule has 3 rings (SSSR count). The van der Waals surface area contributed by atoms with Crippen LogP contribution in [0.4, 0.5) is 16.2 Å². The SMILES string of the molecule is O=C(Nc1ccccc1)Nc1cnn(C2CCOC2)c1. The van der Waals surface area contributed by atoms with Crippen LogP contribution in [0.5, 0.6) is 0 Å². The second-order valence-corrected chi connectivity index (χ2v) is 4.67. The number of carbonyl (C=O) groups excluding carboxylic acids is 1. The zero-order valence-electron chi connectivity index (χ0n) is 11.0. The van der Waals surface area contributed by atoms with E-state index >= 15 is 0 Å². The van der Waals surface area contributed by atoms with Gasteiger partial charge in [0.05, 0.1) is 24.5 Å². The van der Waals surface area contributed by atoms with Crippen LogP contribution in [0, 0.1) is 0 Å². The van der Waals surface area contributed by atoms with Crippen molar-refractivity contribution in [2.24, 2.45) is 0 Å². The van der Waals surface area contributed by atoms with Crippen LogP contribution >= 0.6 is 0 Å². The molecule has 104 valence electrons. The number of hydrogen-bond acceptors (Lipinski definition) is 3. The molecule has 2 amide bonds. The van der Waals surface area contributed by atoms with Gasteiger partial charge in [-0.05, 0) is 18.6 Å². The first-order valence-electron chi connectivity index (χ1n) is 6.56. The Hall–Kier alpha value is -2.34. The zero-order chi connectivity index (χ0) is 13.8. The minimum atomic E-state index is -0.279. The molecule has 2 heterocycles. The third kappa shape index (κ3) is 2.97. The molecule has 1 atom stereocenters. The third-order valence-electron chi connectivity index (χ3n) is 3.17. The Balaban J connectivity index is 1.59. The Bertz CT molecular complexity index is 576. The molecule has 0 radical (unpaired) electrons. The number of aromatic nitrogens is 2. The molecule has 0 saturated carbocycles. The number of amides is 2. The van der Waals surface area contributed by atoms with E-state index in [4.69, 9.17) is 4.74 Å². The normalized spacial score (nSPS) is 17.9. The summed E-state index contributed by atoms with van der Waals surface area (Å²) < 4.78 is 7.16. The summed E-state index contributed by atoms with van der Waals surface area (Å²) in [5.41, 5.74) is 1.42. The number of nitrogens with zero attached hydrogens (tertiary/aromatic N) is 2. The number of ether oxygens (including phenoxy) is 1. The Morgan fingerprint density at radius 3 is 2.80 bits per heavy atom. The van der Waals surface area contributed by atoms with E-state index in [0.29, 0.717) is 12.3 Å². The van der Waals surface area contributed by atoms with Gasteiger partial charge in [0.1, 0.15) is 0 Å². The van der Waals surface area contributed by atoms with Crippen molar-refractivity contribution in [3.63, 3.8) is 0 Å². The van der Waals surface area contributed by atoms with Crippen molar-refractivity contribution in [2.75, 3.05) is 23.8 Å². The molecule has 20 heavy (non-hydrogen) atoms. The minimum Gasteiger partial charge on any atom is -0.379 e. The first kappa shape index (κ1) is 12.7. The lowest BCUT2D eigenvalue weighted by Crippen LogP contribution is -2.19. The fourth-order valence-electron chi connectivity index (χ4n) is 2.15. The van der Waals surface area contributed by atoms with E-state index in [1.165, 1.54) is 0 Å². The van der Waals surface area contributed by atoms with E-state index < -0.39 is 0 Å². The number of nitrogens with one attached hydrogen (secondary N) is 2. The van der Waals surface area contributed by atoms with E-state index in [9.17, 15) is 4.79 Å². The van der Waals surface area contributed by atoms with Crippen molar-refractivity contribution in [2.45, 2.75) is 12.5 Å². The summed E-state index contributed by atoms with van der Waals surface area (Å²) in [5.74, 6) is 0. The van der Waals surface area contributed by atoms with Gasteiger partial charge in [0.2, 0.25) is 0 Å². The maximum Gasteiger partial charge on any atom is 0.323 e. The van der Waals surface area contributed by atoms with Crippen molar-refractivity contribution >= 4 is 17.4 Å². The lowest BCUT2D eigenvalue weighted by Gasteiger charge is -2.07. The monoisotopic (exact) mass is 272 g/mol. The van der Waals surface area contributed by atoms with Crippen molar-refractivity contribution in [1.82, 2.24) is 9.78 Å². The van der Waals surface area contributed by atoms with E-state index in [1.54, 1.807) is 6.20 Å². The Kier molecular flexibility index (Phi) is 3.64. The zero-order valence-corrected chi connectivity index (χ0v) is 11.0. The van der Waals surface area contributed by atoms with Crippen LogP contribution in [0.1, 0.15) is 12.5 Å². The Morgan fingerprint density at radius 1 is 1.25 bits per heavy atom. The highest BCUT2D eigenvalue weighted by Gasteiger charge is 2.18. The van der Waals surface area contributed by atoms with Gasteiger partial charge in [-0.15, -0.1) is 0 Å². The van der Waals surface area contributed by atoms with Crippen molar-refractivity contribution < 1.29 is 9.53 Å². The van der Waals surface area contributed by atoms with Crippen molar-refractivity contribution in [1.29, 1.82) is 0 Å². The molecule has 6 heteroatoms. The lowest BCUT2D eigenvalue weighted by atomic mass is 10.3. The molecule has 1 fully saturated rings. The van der Waals surface area contributed by atoms with Gasteiger partial charge in [-0.2, -0.15) is 5.10 Å². The van der Waals surface area contributed by atoms with Gasteiger partial charge in [0.15, 0.2) is 0 Å². The standard InChI is InChI=1S/C14H16N4O2/c19-14(16-11-4-2-1-3-5-11)17-12-8-15-18(9-12)13-6-7-20-10-13/h1-5,8-9,13H,6-7,10H2,(H2,16,17,19). The highest BCUT2D eigenvalue weighted by molar-refractivity contribution is 5.99. The first-order valence-corrected chi connectivity index (χ1v) is 6.56. The molecule has 0 spiro atoms. The molecule has 2 N–H and O–H groups in total. The van der Waals surface area contributed by atoms with Crippen LogP contribution in [0.15, 0.2) is 42.7 Å². The average molecular weight is 272 g/mol. The van der Waals surface area contributed by atoms with Crippen LogP contribution in [0.3, 0.4) is 0 Å². The highest BCUT2D eigenvalue weighted by Crippen LogP contribution is 2.19. The summed E-state index contributed by atoms with van der Waals surface area (Å²) in [7, 11) is 0. The fraction of sp³-hybridized carbons (Fsp3) is 0.286. The van der Waals surface area contributed by atoms with Gasteiger partial charge in [0, 0.05) is 18.5 Å². The first-order chi connectivity index (χ1) is 9.81. The highest BCUT2D eigenvalue weighted by atomic mass is 16.5. The molecule has 1 aromatic carbocycles.